The molecule has 0 fully saturated rings. The van der Waals surface area contributed by atoms with Gasteiger partial charge < -0.3 is 5.32 Å². The highest BCUT2D eigenvalue weighted by molar-refractivity contribution is 5.87. The molecule has 0 radical (unpaired) electrons. The van der Waals surface area contributed by atoms with Crippen molar-refractivity contribution in [3.8, 4) is 0 Å². The Bertz CT molecular complexity index is 370. The molecule has 0 saturated heterocycles. The van der Waals surface area contributed by atoms with Crippen molar-refractivity contribution in [2.24, 2.45) is 0 Å². The van der Waals surface area contributed by atoms with Gasteiger partial charge in [-0.2, -0.15) is 0 Å². The van der Waals surface area contributed by atoms with Gasteiger partial charge in [-0.15, -0.1) is 0 Å². The molecule has 1 aromatic rings. The highest BCUT2D eigenvalue weighted by atomic mass is 16.1. The Morgan fingerprint density at radius 3 is 2.47 bits per heavy atom. The highest BCUT2D eigenvalue weighted by Gasteiger charge is 1.93. The molecule has 1 rings (SSSR count). The van der Waals surface area contributed by atoms with E-state index in [4.69, 9.17) is 0 Å². The van der Waals surface area contributed by atoms with Crippen molar-refractivity contribution in [1.29, 1.82) is 0 Å². The number of hydrogen-bond donors (Lipinski definition) is 1. The number of amides is 1. The van der Waals surface area contributed by atoms with E-state index in [1.807, 2.05) is 6.08 Å². The highest BCUT2D eigenvalue weighted by Crippen LogP contribution is 2.09. The molecule has 0 atom stereocenters. The standard InChI is InChI=1S/C17H25NO/c1-18-17(19)15-11-6-4-2-3-5-8-12-16-13-9-7-10-14-16/h7,9-11,13-15H,2-6,8,12H2,1H3,(H,18,19)/b15-11+. The first-order valence-electron chi connectivity index (χ1n) is 7.25. The van der Waals surface area contributed by atoms with Gasteiger partial charge in [-0.25, -0.2) is 0 Å². The van der Waals surface area contributed by atoms with Gasteiger partial charge >= 0.3 is 0 Å². The Labute approximate surface area is 116 Å². The SMILES string of the molecule is CNC(=O)/C=C/CCCCCCCc1ccccc1. The van der Waals surface area contributed by atoms with Crippen LogP contribution in [0.25, 0.3) is 0 Å². The Balaban J connectivity index is 1.92. The zero-order chi connectivity index (χ0) is 13.8. The number of carbonyl (C=O) groups excluding carboxylic acids is 1. The average Bonchev–Trinajstić information content (AvgIpc) is 2.46. The van der Waals surface area contributed by atoms with Crippen LogP contribution in [0.1, 0.15) is 44.1 Å². The summed E-state index contributed by atoms with van der Waals surface area (Å²) in [6.45, 7) is 0. The van der Waals surface area contributed by atoms with Gasteiger partial charge in [0.15, 0.2) is 0 Å². The Hall–Kier alpha value is -1.57. The van der Waals surface area contributed by atoms with E-state index < -0.39 is 0 Å². The Morgan fingerprint density at radius 1 is 1.05 bits per heavy atom. The summed E-state index contributed by atoms with van der Waals surface area (Å²) in [4.78, 5) is 10.9. The molecule has 19 heavy (non-hydrogen) atoms. The topological polar surface area (TPSA) is 29.1 Å². The predicted molar refractivity (Wildman–Crippen MR) is 81.1 cm³/mol. The maximum absolute atomic E-state index is 10.9. The van der Waals surface area contributed by atoms with Crippen LogP contribution in [0, 0.1) is 0 Å². The van der Waals surface area contributed by atoms with Crippen LogP contribution in [-0.2, 0) is 11.2 Å². The molecule has 104 valence electrons. The van der Waals surface area contributed by atoms with Crippen LogP contribution in [0.3, 0.4) is 0 Å². The number of carbonyl (C=O) groups is 1. The second kappa shape index (κ2) is 10.4. The fourth-order valence-electron chi connectivity index (χ4n) is 2.04. The van der Waals surface area contributed by atoms with E-state index in [1.165, 1.54) is 44.1 Å². The molecule has 0 unspecified atom stereocenters. The summed E-state index contributed by atoms with van der Waals surface area (Å²) in [6.07, 6.45) is 12.1. The van der Waals surface area contributed by atoms with E-state index in [-0.39, 0.29) is 5.91 Å². The number of benzene rings is 1. The van der Waals surface area contributed by atoms with Gasteiger partial charge in [0.1, 0.15) is 0 Å². The minimum atomic E-state index is -0.0112. The summed E-state index contributed by atoms with van der Waals surface area (Å²) in [7, 11) is 1.65. The van der Waals surface area contributed by atoms with Gasteiger partial charge in [0.25, 0.3) is 0 Å². The maximum atomic E-state index is 10.9. The van der Waals surface area contributed by atoms with Crippen molar-refractivity contribution in [3.05, 3.63) is 48.0 Å². The van der Waals surface area contributed by atoms with Crippen LogP contribution in [0.4, 0.5) is 0 Å². The summed E-state index contributed by atoms with van der Waals surface area (Å²) in [5.74, 6) is -0.0112. The monoisotopic (exact) mass is 259 g/mol. The van der Waals surface area contributed by atoms with Crippen molar-refractivity contribution >= 4 is 5.91 Å². The van der Waals surface area contributed by atoms with Crippen LogP contribution in [0.2, 0.25) is 0 Å². The van der Waals surface area contributed by atoms with E-state index in [0.717, 1.165) is 6.42 Å². The molecule has 2 nitrogen and oxygen atoms in total. The molecule has 0 saturated carbocycles. The summed E-state index contributed by atoms with van der Waals surface area (Å²) in [6, 6.07) is 10.7. The van der Waals surface area contributed by atoms with Crippen LogP contribution >= 0.6 is 0 Å². The fraction of sp³-hybridized carbons (Fsp3) is 0.471. The van der Waals surface area contributed by atoms with E-state index in [9.17, 15) is 4.79 Å². The van der Waals surface area contributed by atoms with Gasteiger partial charge in [-0.3, -0.25) is 4.79 Å². The zero-order valence-electron chi connectivity index (χ0n) is 11.9. The van der Waals surface area contributed by atoms with Gasteiger partial charge in [0.05, 0.1) is 0 Å². The van der Waals surface area contributed by atoms with Crippen molar-refractivity contribution in [2.45, 2.75) is 44.9 Å². The number of likely N-dealkylation sites (N-methyl/N-ethyl adjacent to an activating group) is 1. The largest absolute Gasteiger partial charge is 0.356 e. The van der Waals surface area contributed by atoms with Crippen LogP contribution in [0.15, 0.2) is 42.5 Å². The number of aryl methyl sites for hydroxylation is 1. The smallest absolute Gasteiger partial charge is 0.243 e. The minimum absolute atomic E-state index is 0.0112. The molecular formula is C17H25NO. The fourth-order valence-corrected chi connectivity index (χ4v) is 2.04. The van der Waals surface area contributed by atoms with Crippen molar-refractivity contribution in [1.82, 2.24) is 5.32 Å². The summed E-state index contributed by atoms with van der Waals surface area (Å²) in [5.41, 5.74) is 1.44. The third kappa shape index (κ3) is 8.20. The van der Waals surface area contributed by atoms with Crippen LogP contribution in [0.5, 0.6) is 0 Å². The van der Waals surface area contributed by atoms with Crippen LogP contribution in [-0.4, -0.2) is 13.0 Å². The molecule has 2 heteroatoms. The molecule has 1 amide bonds. The molecule has 1 aromatic carbocycles. The number of hydrogen-bond acceptors (Lipinski definition) is 1. The lowest BCUT2D eigenvalue weighted by atomic mass is 10.0. The third-order valence-corrected chi connectivity index (χ3v) is 3.19. The molecule has 0 aliphatic heterocycles. The quantitative estimate of drug-likeness (QED) is 0.529. The van der Waals surface area contributed by atoms with E-state index in [2.05, 4.69) is 35.6 Å². The number of rotatable bonds is 9. The first-order valence-corrected chi connectivity index (χ1v) is 7.25. The van der Waals surface area contributed by atoms with Crippen molar-refractivity contribution in [3.63, 3.8) is 0 Å². The number of nitrogens with one attached hydrogen (secondary N) is 1. The molecule has 0 spiro atoms. The normalized spacial score (nSPS) is 10.8. The zero-order valence-corrected chi connectivity index (χ0v) is 11.9. The molecule has 0 heterocycles. The van der Waals surface area contributed by atoms with Crippen molar-refractivity contribution in [2.75, 3.05) is 7.05 Å². The maximum Gasteiger partial charge on any atom is 0.243 e. The molecular weight excluding hydrogens is 234 g/mol. The van der Waals surface area contributed by atoms with Gasteiger partial charge in [0, 0.05) is 7.05 Å². The molecule has 0 bridgehead atoms. The second-order valence-electron chi connectivity index (χ2n) is 4.81. The summed E-state index contributed by atoms with van der Waals surface area (Å²) in [5, 5.41) is 2.57. The van der Waals surface area contributed by atoms with Gasteiger partial charge in [-0.05, 0) is 37.3 Å². The van der Waals surface area contributed by atoms with Gasteiger partial charge in [0.2, 0.25) is 5.91 Å². The second-order valence-corrected chi connectivity index (χ2v) is 4.81. The Kier molecular flexibility index (Phi) is 8.45. The summed E-state index contributed by atoms with van der Waals surface area (Å²) >= 11 is 0. The van der Waals surface area contributed by atoms with E-state index in [0.29, 0.717) is 0 Å². The lowest BCUT2D eigenvalue weighted by Gasteiger charge is -2.01. The lowest BCUT2D eigenvalue weighted by Crippen LogP contribution is -2.13. The minimum Gasteiger partial charge on any atom is -0.356 e. The number of unbranched alkanes of at least 4 members (excludes halogenated alkanes) is 5. The Morgan fingerprint density at radius 2 is 1.74 bits per heavy atom. The predicted octanol–water partition coefficient (Wildman–Crippen LogP) is 3.87. The molecule has 0 aliphatic rings. The number of allylic oxidation sites excluding steroid dienone is 1. The third-order valence-electron chi connectivity index (χ3n) is 3.19. The first kappa shape index (κ1) is 15.5. The van der Waals surface area contributed by atoms with Gasteiger partial charge in [-0.1, -0.05) is 55.7 Å². The molecule has 1 N–H and O–H groups in total. The first-order chi connectivity index (χ1) is 9.33. The van der Waals surface area contributed by atoms with E-state index >= 15 is 0 Å². The van der Waals surface area contributed by atoms with Crippen molar-refractivity contribution < 1.29 is 4.79 Å². The average molecular weight is 259 g/mol. The lowest BCUT2D eigenvalue weighted by molar-refractivity contribution is -0.116. The molecule has 0 aliphatic carbocycles. The summed E-state index contributed by atoms with van der Waals surface area (Å²) < 4.78 is 0. The molecule has 0 aromatic heterocycles. The van der Waals surface area contributed by atoms with E-state index in [1.54, 1.807) is 13.1 Å². The van der Waals surface area contributed by atoms with Crippen LogP contribution < -0.4 is 5.32 Å².